The second-order valence-corrected chi connectivity index (χ2v) is 6.56. The molecule has 2 aliphatic rings. The highest BCUT2D eigenvalue weighted by atomic mass is 16.2. The Morgan fingerprint density at radius 1 is 1.36 bits per heavy atom. The van der Waals surface area contributed by atoms with Crippen molar-refractivity contribution < 1.29 is 9.59 Å². The van der Waals surface area contributed by atoms with E-state index in [1.54, 1.807) is 7.05 Å². The molecule has 0 unspecified atom stereocenters. The molecule has 1 saturated heterocycles. The quantitative estimate of drug-likeness (QED) is 0.855. The predicted octanol–water partition coefficient (Wildman–Crippen LogP) is 1.27. The number of carbonyl (C=O) groups is 2. The topological polar surface area (TPSA) is 67.2 Å². The van der Waals surface area contributed by atoms with Crippen molar-refractivity contribution in [3.05, 3.63) is 18.0 Å². The number of rotatable bonds is 3. The lowest BCUT2D eigenvalue weighted by Crippen LogP contribution is -2.57. The van der Waals surface area contributed by atoms with Crippen LogP contribution >= 0.6 is 0 Å². The first-order chi connectivity index (χ1) is 10.6. The minimum Gasteiger partial charge on any atom is -0.358 e. The Morgan fingerprint density at radius 3 is 2.68 bits per heavy atom. The maximum absolute atomic E-state index is 12.9. The van der Waals surface area contributed by atoms with Gasteiger partial charge in [0.15, 0.2) is 0 Å². The first-order valence-corrected chi connectivity index (χ1v) is 8.09. The van der Waals surface area contributed by atoms with Crippen LogP contribution < -0.4 is 5.32 Å². The summed E-state index contributed by atoms with van der Waals surface area (Å²) in [6.07, 6.45) is 8.15. The largest absolute Gasteiger partial charge is 0.358 e. The van der Waals surface area contributed by atoms with Crippen molar-refractivity contribution in [1.82, 2.24) is 20.0 Å². The second kappa shape index (κ2) is 5.74. The van der Waals surface area contributed by atoms with Crippen LogP contribution in [0.15, 0.2) is 12.4 Å². The van der Waals surface area contributed by atoms with Gasteiger partial charge in [0.1, 0.15) is 5.41 Å². The van der Waals surface area contributed by atoms with E-state index in [4.69, 9.17) is 0 Å². The number of aryl methyl sites for hydroxylation is 1. The zero-order valence-corrected chi connectivity index (χ0v) is 13.3. The summed E-state index contributed by atoms with van der Waals surface area (Å²) in [6, 6.07) is 0.216. The van der Waals surface area contributed by atoms with Crippen LogP contribution in [0, 0.1) is 12.3 Å². The second-order valence-electron chi connectivity index (χ2n) is 6.56. The van der Waals surface area contributed by atoms with Gasteiger partial charge in [-0.25, -0.2) is 0 Å². The molecule has 1 aliphatic carbocycles. The summed E-state index contributed by atoms with van der Waals surface area (Å²) in [4.78, 5) is 27.0. The fourth-order valence-electron chi connectivity index (χ4n) is 3.60. The molecule has 1 N–H and O–H groups in total. The minimum absolute atomic E-state index is 0.00618. The monoisotopic (exact) mass is 304 g/mol. The maximum atomic E-state index is 12.9. The summed E-state index contributed by atoms with van der Waals surface area (Å²) in [6.45, 7) is 3.41. The van der Waals surface area contributed by atoms with Gasteiger partial charge in [-0.2, -0.15) is 5.10 Å². The molecule has 2 fully saturated rings. The molecule has 6 heteroatoms. The van der Waals surface area contributed by atoms with Gasteiger partial charge >= 0.3 is 0 Å². The van der Waals surface area contributed by atoms with E-state index in [0.717, 1.165) is 31.4 Å². The minimum atomic E-state index is -0.809. The molecule has 2 amide bonds. The first-order valence-electron chi connectivity index (χ1n) is 8.09. The highest BCUT2D eigenvalue weighted by molar-refractivity contribution is 6.05. The molecule has 1 aromatic rings. The molecule has 22 heavy (non-hydrogen) atoms. The Hall–Kier alpha value is -1.85. The summed E-state index contributed by atoms with van der Waals surface area (Å²) < 4.78 is 1.96. The average molecular weight is 304 g/mol. The fraction of sp³-hybridized carbons (Fsp3) is 0.688. The van der Waals surface area contributed by atoms with Crippen molar-refractivity contribution in [3.8, 4) is 0 Å². The number of nitrogens with zero attached hydrogens (tertiary/aromatic N) is 3. The van der Waals surface area contributed by atoms with Crippen LogP contribution in [0.25, 0.3) is 0 Å². The molecule has 1 aromatic heterocycles. The molecule has 1 aliphatic heterocycles. The first kappa shape index (κ1) is 15.1. The van der Waals surface area contributed by atoms with Gasteiger partial charge in [-0.3, -0.25) is 14.3 Å². The molecule has 2 heterocycles. The molecule has 0 bridgehead atoms. The SMILES string of the molecule is CNC(=O)C1(C(=O)N2CCC[C@H](n3cc(C)cn3)C2)CCC1. The van der Waals surface area contributed by atoms with Crippen molar-refractivity contribution in [2.45, 2.75) is 45.1 Å². The van der Waals surface area contributed by atoms with E-state index in [9.17, 15) is 9.59 Å². The maximum Gasteiger partial charge on any atom is 0.238 e. The zero-order chi connectivity index (χ0) is 15.7. The van der Waals surface area contributed by atoms with E-state index in [1.807, 2.05) is 28.9 Å². The molecule has 6 nitrogen and oxygen atoms in total. The van der Waals surface area contributed by atoms with E-state index in [1.165, 1.54) is 0 Å². The van der Waals surface area contributed by atoms with Gasteiger partial charge in [-0.1, -0.05) is 6.42 Å². The van der Waals surface area contributed by atoms with Gasteiger partial charge in [-0.05, 0) is 38.2 Å². The number of aromatic nitrogens is 2. The average Bonchev–Trinajstić information content (AvgIpc) is 2.92. The molecule has 0 radical (unpaired) electrons. The van der Waals surface area contributed by atoms with Crippen LogP contribution in [-0.4, -0.2) is 46.6 Å². The number of carbonyl (C=O) groups excluding carboxylic acids is 2. The van der Waals surface area contributed by atoms with Crippen LogP contribution in [0.4, 0.5) is 0 Å². The number of hydrogen-bond donors (Lipinski definition) is 1. The molecular formula is C16H24N4O2. The van der Waals surface area contributed by atoms with E-state index in [2.05, 4.69) is 10.4 Å². The third kappa shape index (κ3) is 2.40. The Kier molecular flexibility index (Phi) is 3.93. The van der Waals surface area contributed by atoms with E-state index in [-0.39, 0.29) is 17.9 Å². The number of hydrogen-bond acceptors (Lipinski definition) is 3. The molecule has 1 atom stereocenters. The summed E-state index contributed by atoms with van der Waals surface area (Å²) in [5.74, 6) is -0.118. The lowest BCUT2D eigenvalue weighted by atomic mass is 9.66. The Bertz CT molecular complexity index is 576. The molecule has 0 aromatic carbocycles. The van der Waals surface area contributed by atoms with Crippen LogP contribution in [0.2, 0.25) is 0 Å². The van der Waals surface area contributed by atoms with E-state index in [0.29, 0.717) is 19.4 Å². The van der Waals surface area contributed by atoms with Crippen molar-refractivity contribution >= 4 is 11.8 Å². The van der Waals surface area contributed by atoms with Crippen LogP contribution in [0.1, 0.15) is 43.7 Å². The third-order valence-corrected chi connectivity index (χ3v) is 5.07. The fourth-order valence-corrected chi connectivity index (χ4v) is 3.60. The summed E-state index contributed by atoms with van der Waals surface area (Å²) in [5.41, 5.74) is 0.320. The van der Waals surface area contributed by atoms with Gasteiger partial charge < -0.3 is 10.2 Å². The molecule has 1 saturated carbocycles. The van der Waals surface area contributed by atoms with Crippen molar-refractivity contribution in [1.29, 1.82) is 0 Å². The molecule has 0 spiro atoms. The van der Waals surface area contributed by atoms with Gasteiger partial charge in [0.2, 0.25) is 11.8 Å². The van der Waals surface area contributed by atoms with Crippen LogP contribution in [0.5, 0.6) is 0 Å². The summed E-state index contributed by atoms with van der Waals surface area (Å²) in [5, 5.41) is 7.05. The number of piperidine rings is 1. The highest BCUT2D eigenvalue weighted by Crippen LogP contribution is 2.43. The van der Waals surface area contributed by atoms with Crippen molar-refractivity contribution in [2.75, 3.05) is 20.1 Å². The van der Waals surface area contributed by atoms with Crippen LogP contribution in [0.3, 0.4) is 0 Å². The molecular weight excluding hydrogens is 280 g/mol. The Labute approximate surface area is 130 Å². The molecule has 3 rings (SSSR count). The van der Waals surface area contributed by atoms with Crippen molar-refractivity contribution in [3.63, 3.8) is 0 Å². The van der Waals surface area contributed by atoms with E-state index < -0.39 is 5.41 Å². The highest BCUT2D eigenvalue weighted by Gasteiger charge is 2.52. The molecule has 120 valence electrons. The normalized spacial score (nSPS) is 23.7. The number of nitrogens with one attached hydrogen (secondary N) is 1. The van der Waals surface area contributed by atoms with Gasteiger partial charge in [0.05, 0.1) is 12.2 Å². The number of likely N-dealkylation sites (tertiary alicyclic amines) is 1. The van der Waals surface area contributed by atoms with Crippen LogP contribution in [-0.2, 0) is 9.59 Å². The standard InChI is InChI=1S/C16H24N4O2/c1-12-9-18-20(10-12)13-5-3-8-19(11-13)15(22)16(6-4-7-16)14(21)17-2/h9-10,13H,3-8,11H2,1-2H3,(H,17,21)/t13-/m0/s1. The van der Waals surface area contributed by atoms with Gasteiger partial charge in [0, 0.05) is 26.3 Å². The van der Waals surface area contributed by atoms with Crippen molar-refractivity contribution in [2.24, 2.45) is 5.41 Å². The summed E-state index contributed by atoms with van der Waals surface area (Å²) >= 11 is 0. The predicted molar refractivity (Wildman–Crippen MR) is 82.2 cm³/mol. The smallest absolute Gasteiger partial charge is 0.238 e. The Balaban J connectivity index is 1.74. The zero-order valence-electron chi connectivity index (χ0n) is 13.3. The van der Waals surface area contributed by atoms with Gasteiger partial charge in [0.25, 0.3) is 0 Å². The lowest BCUT2D eigenvalue weighted by Gasteiger charge is -2.44. The lowest BCUT2D eigenvalue weighted by molar-refractivity contribution is -0.158. The van der Waals surface area contributed by atoms with E-state index >= 15 is 0 Å². The Morgan fingerprint density at radius 2 is 2.14 bits per heavy atom. The summed E-state index contributed by atoms with van der Waals surface area (Å²) in [7, 11) is 1.61. The third-order valence-electron chi connectivity index (χ3n) is 5.07. The van der Waals surface area contributed by atoms with Gasteiger partial charge in [-0.15, -0.1) is 0 Å². The number of amides is 2.